The largest absolute Gasteiger partial charge is 0.378 e. The van der Waals surface area contributed by atoms with Crippen LogP contribution in [0.4, 0.5) is 5.69 Å². The maximum atomic E-state index is 13.1. The van der Waals surface area contributed by atoms with Gasteiger partial charge in [0.1, 0.15) is 5.69 Å². The van der Waals surface area contributed by atoms with Crippen molar-refractivity contribution in [3.63, 3.8) is 0 Å². The molecule has 2 saturated heterocycles. The molecule has 5 nitrogen and oxygen atoms in total. The summed E-state index contributed by atoms with van der Waals surface area (Å²) in [5.41, 5.74) is 1.69. The molecule has 0 N–H and O–H groups in total. The van der Waals surface area contributed by atoms with Crippen LogP contribution in [0.15, 0.2) is 18.3 Å². The fraction of sp³-hybridized carbons (Fsp3) is 0.684. The first-order valence-electron chi connectivity index (χ1n) is 9.42. The third kappa shape index (κ3) is 3.14. The Balaban J connectivity index is 1.53. The third-order valence-electron chi connectivity index (χ3n) is 5.84. The number of carbonyl (C=O) groups is 1. The van der Waals surface area contributed by atoms with E-state index in [0.717, 1.165) is 45.0 Å². The molecule has 1 aromatic heterocycles. The number of likely N-dealkylation sites (tertiary alicyclic amines) is 1. The predicted molar refractivity (Wildman–Crippen MR) is 93.3 cm³/mol. The van der Waals surface area contributed by atoms with E-state index in [9.17, 15) is 4.79 Å². The molecule has 0 bridgehead atoms. The fourth-order valence-electron chi connectivity index (χ4n) is 4.58. The monoisotopic (exact) mass is 329 g/mol. The van der Waals surface area contributed by atoms with Gasteiger partial charge in [-0.25, -0.2) is 0 Å². The Labute approximate surface area is 144 Å². The molecule has 1 amide bonds. The summed E-state index contributed by atoms with van der Waals surface area (Å²) in [6.45, 7) is 4.16. The van der Waals surface area contributed by atoms with Gasteiger partial charge in [-0.1, -0.05) is 12.8 Å². The van der Waals surface area contributed by atoms with Crippen LogP contribution in [0.5, 0.6) is 0 Å². The molecule has 1 saturated carbocycles. The zero-order valence-electron chi connectivity index (χ0n) is 14.3. The van der Waals surface area contributed by atoms with Crippen molar-refractivity contribution < 1.29 is 9.53 Å². The summed E-state index contributed by atoms with van der Waals surface area (Å²) in [5, 5.41) is 0. The molecule has 3 aliphatic rings. The summed E-state index contributed by atoms with van der Waals surface area (Å²) in [6.07, 6.45) is 9.24. The summed E-state index contributed by atoms with van der Waals surface area (Å²) >= 11 is 0. The number of amides is 1. The molecular weight excluding hydrogens is 302 g/mol. The molecule has 0 aromatic carbocycles. The van der Waals surface area contributed by atoms with Gasteiger partial charge in [-0.3, -0.25) is 9.78 Å². The number of nitrogens with zero attached hydrogens (tertiary/aromatic N) is 3. The van der Waals surface area contributed by atoms with Crippen LogP contribution in [0, 0.1) is 5.92 Å². The molecule has 24 heavy (non-hydrogen) atoms. The number of anilines is 1. The normalized spacial score (nSPS) is 27.7. The lowest BCUT2D eigenvalue weighted by Crippen LogP contribution is -2.49. The lowest BCUT2D eigenvalue weighted by Gasteiger charge is -2.44. The van der Waals surface area contributed by atoms with Crippen molar-refractivity contribution in [1.29, 1.82) is 0 Å². The number of fused-ring (bicyclic) bond motifs is 1. The van der Waals surface area contributed by atoms with Crippen LogP contribution in [0.3, 0.4) is 0 Å². The molecule has 0 radical (unpaired) electrons. The Bertz CT molecular complexity index is 584. The fourth-order valence-corrected chi connectivity index (χ4v) is 4.58. The maximum absolute atomic E-state index is 13.1. The first kappa shape index (κ1) is 15.9. The van der Waals surface area contributed by atoms with Crippen molar-refractivity contribution in [2.75, 3.05) is 37.7 Å². The third-order valence-corrected chi connectivity index (χ3v) is 5.84. The van der Waals surface area contributed by atoms with E-state index in [4.69, 9.17) is 4.74 Å². The highest BCUT2D eigenvalue weighted by molar-refractivity contribution is 5.93. The minimum absolute atomic E-state index is 0.127. The lowest BCUT2D eigenvalue weighted by molar-refractivity contribution is 0.0385. The van der Waals surface area contributed by atoms with E-state index < -0.39 is 0 Å². The van der Waals surface area contributed by atoms with Gasteiger partial charge in [-0.05, 0) is 43.7 Å². The molecule has 2 atom stereocenters. The molecule has 0 spiro atoms. The first-order chi connectivity index (χ1) is 11.8. The Morgan fingerprint density at radius 3 is 2.75 bits per heavy atom. The molecule has 3 heterocycles. The van der Waals surface area contributed by atoms with E-state index in [2.05, 4.69) is 14.8 Å². The van der Waals surface area contributed by atoms with Gasteiger partial charge in [0.05, 0.1) is 13.2 Å². The number of carbonyl (C=O) groups excluding carboxylic acids is 1. The van der Waals surface area contributed by atoms with Gasteiger partial charge in [0.2, 0.25) is 0 Å². The first-order valence-corrected chi connectivity index (χ1v) is 9.42. The summed E-state index contributed by atoms with van der Waals surface area (Å²) in [7, 11) is 0. The Hall–Kier alpha value is -1.62. The number of pyridine rings is 1. The second-order valence-corrected chi connectivity index (χ2v) is 7.25. The Kier molecular flexibility index (Phi) is 4.69. The van der Waals surface area contributed by atoms with E-state index in [0.29, 0.717) is 17.7 Å². The molecular formula is C19H27N3O2. The van der Waals surface area contributed by atoms with Crippen molar-refractivity contribution in [1.82, 2.24) is 9.88 Å². The minimum atomic E-state index is 0.127. The number of morpholine rings is 1. The van der Waals surface area contributed by atoms with Gasteiger partial charge in [0.15, 0.2) is 0 Å². The van der Waals surface area contributed by atoms with Crippen LogP contribution in [-0.2, 0) is 4.74 Å². The van der Waals surface area contributed by atoms with Crippen molar-refractivity contribution >= 4 is 11.6 Å². The van der Waals surface area contributed by atoms with Crippen LogP contribution in [0.1, 0.15) is 49.0 Å². The highest BCUT2D eigenvalue weighted by Crippen LogP contribution is 2.36. The van der Waals surface area contributed by atoms with Gasteiger partial charge >= 0.3 is 0 Å². The maximum Gasteiger partial charge on any atom is 0.272 e. The number of hydrogen-bond donors (Lipinski definition) is 0. The molecule has 0 unspecified atom stereocenters. The van der Waals surface area contributed by atoms with Crippen LogP contribution in [0.25, 0.3) is 0 Å². The SMILES string of the molecule is O=C(c1cc(N2CCOCC2)ccn1)N1CCC[C@@H]2CCCC[C@@H]21. The number of rotatable bonds is 2. The molecule has 3 fully saturated rings. The number of ether oxygens (including phenoxy) is 1. The Morgan fingerprint density at radius 1 is 1.08 bits per heavy atom. The predicted octanol–water partition coefficient (Wildman–Crippen LogP) is 2.71. The van der Waals surface area contributed by atoms with Crippen LogP contribution >= 0.6 is 0 Å². The molecule has 1 aromatic rings. The molecule has 4 rings (SSSR count). The minimum Gasteiger partial charge on any atom is -0.378 e. The smallest absolute Gasteiger partial charge is 0.272 e. The highest BCUT2D eigenvalue weighted by atomic mass is 16.5. The van der Waals surface area contributed by atoms with Crippen LogP contribution < -0.4 is 4.90 Å². The molecule has 5 heteroatoms. The number of hydrogen-bond acceptors (Lipinski definition) is 4. The van der Waals surface area contributed by atoms with E-state index in [1.165, 1.54) is 32.1 Å². The second kappa shape index (κ2) is 7.09. The van der Waals surface area contributed by atoms with Crippen molar-refractivity contribution in [3.05, 3.63) is 24.0 Å². The number of piperidine rings is 1. The van der Waals surface area contributed by atoms with Crippen molar-refractivity contribution in [2.45, 2.75) is 44.6 Å². The van der Waals surface area contributed by atoms with E-state index in [1.54, 1.807) is 6.20 Å². The average molecular weight is 329 g/mol. The summed E-state index contributed by atoms with van der Waals surface area (Å²) in [6, 6.07) is 4.41. The highest BCUT2D eigenvalue weighted by Gasteiger charge is 2.36. The van der Waals surface area contributed by atoms with Crippen molar-refractivity contribution in [3.8, 4) is 0 Å². The topological polar surface area (TPSA) is 45.7 Å². The van der Waals surface area contributed by atoms with Gasteiger partial charge in [-0.2, -0.15) is 0 Å². The van der Waals surface area contributed by atoms with E-state index >= 15 is 0 Å². The molecule has 1 aliphatic carbocycles. The lowest BCUT2D eigenvalue weighted by atomic mass is 9.78. The van der Waals surface area contributed by atoms with Gasteiger partial charge < -0.3 is 14.5 Å². The average Bonchev–Trinajstić information content (AvgIpc) is 2.68. The van der Waals surface area contributed by atoms with Crippen LogP contribution in [-0.4, -0.2) is 54.7 Å². The molecule has 130 valence electrons. The van der Waals surface area contributed by atoms with E-state index in [-0.39, 0.29) is 5.91 Å². The summed E-state index contributed by atoms with van der Waals surface area (Å²) < 4.78 is 5.42. The standard InChI is InChI=1S/C19H27N3O2/c23-19(22-9-3-5-15-4-1-2-6-18(15)22)17-14-16(7-8-20-17)21-10-12-24-13-11-21/h7-8,14-15,18H,1-6,9-13H2/t15-,18-/m0/s1. The molecule has 2 aliphatic heterocycles. The quantitative estimate of drug-likeness (QED) is 0.837. The van der Waals surface area contributed by atoms with Crippen molar-refractivity contribution in [2.24, 2.45) is 5.92 Å². The zero-order valence-corrected chi connectivity index (χ0v) is 14.3. The second-order valence-electron chi connectivity index (χ2n) is 7.25. The van der Waals surface area contributed by atoms with Gasteiger partial charge in [0, 0.05) is 37.6 Å². The van der Waals surface area contributed by atoms with Gasteiger partial charge in [0.25, 0.3) is 5.91 Å². The summed E-state index contributed by atoms with van der Waals surface area (Å²) in [5.74, 6) is 0.834. The van der Waals surface area contributed by atoms with Gasteiger partial charge in [-0.15, -0.1) is 0 Å². The Morgan fingerprint density at radius 2 is 1.88 bits per heavy atom. The number of aromatic nitrogens is 1. The summed E-state index contributed by atoms with van der Waals surface area (Å²) in [4.78, 5) is 21.9. The van der Waals surface area contributed by atoms with Crippen LogP contribution in [0.2, 0.25) is 0 Å². The zero-order chi connectivity index (χ0) is 16.4. The van der Waals surface area contributed by atoms with E-state index in [1.807, 2.05) is 12.1 Å².